The molecule has 4 heteroatoms. The third-order valence-electron chi connectivity index (χ3n) is 2.44. The molecule has 0 aliphatic carbocycles. The first-order valence-electron chi connectivity index (χ1n) is 5.05. The van der Waals surface area contributed by atoms with Crippen LogP contribution in [-0.2, 0) is 0 Å². The highest BCUT2D eigenvalue weighted by Gasteiger charge is 2.20. The molecule has 17 heavy (non-hydrogen) atoms. The van der Waals surface area contributed by atoms with Gasteiger partial charge in [0.25, 0.3) is 0 Å². The van der Waals surface area contributed by atoms with Crippen LogP contribution in [0.1, 0.15) is 15.9 Å². The molecule has 1 aromatic carbocycles. The van der Waals surface area contributed by atoms with Crippen LogP contribution in [0.3, 0.4) is 0 Å². The smallest absolute Gasteiger partial charge is 0.203 e. The summed E-state index contributed by atoms with van der Waals surface area (Å²) in [5.74, 6) is 0.777. The molecule has 1 aromatic heterocycles. The lowest BCUT2D eigenvalue weighted by Crippen LogP contribution is -2.05. The number of carbonyl (C=O) groups excluding carboxylic acids is 1. The summed E-state index contributed by atoms with van der Waals surface area (Å²) in [7, 11) is 3.03. The van der Waals surface area contributed by atoms with Gasteiger partial charge in [0, 0.05) is 0 Å². The Bertz CT molecular complexity index is 492. The van der Waals surface area contributed by atoms with Crippen LogP contribution in [0.15, 0.2) is 41.2 Å². The molecule has 2 rings (SSSR count). The molecule has 88 valence electrons. The van der Waals surface area contributed by atoms with Crippen molar-refractivity contribution in [2.45, 2.75) is 0 Å². The number of furan rings is 1. The number of ketones is 1. The topological polar surface area (TPSA) is 48.7 Å². The fourth-order valence-electron chi connectivity index (χ4n) is 1.61. The maximum absolute atomic E-state index is 12.2. The lowest BCUT2D eigenvalue weighted by molar-refractivity contribution is 0.103. The quantitative estimate of drug-likeness (QED) is 0.760. The molecule has 0 radical (unpaired) electrons. The number of ether oxygens (including phenoxy) is 2. The highest BCUT2D eigenvalue weighted by atomic mass is 16.5. The molecule has 0 atom stereocenters. The lowest BCUT2D eigenvalue weighted by Gasteiger charge is -2.10. The largest absolute Gasteiger partial charge is 0.496 e. The average molecular weight is 232 g/mol. The van der Waals surface area contributed by atoms with Gasteiger partial charge >= 0.3 is 0 Å². The summed E-state index contributed by atoms with van der Waals surface area (Å²) < 4.78 is 15.3. The van der Waals surface area contributed by atoms with Gasteiger partial charge in [-0.15, -0.1) is 0 Å². The highest BCUT2D eigenvalue weighted by molar-refractivity contribution is 6.12. The lowest BCUT2D eigenvalue weighted by atomic mass is 10.0. The van der Waals surface area contributed by atoms with E-state index in [2.05, 4.69) is 0 Å². The van der Waals surface area contributed by atoms with Gasteiger partial charge in [0.2, 0.25) is 5.78 Å². The van der Waals surface area contributed by atoms with Crippen molar-refractivity contribution in [3.05, 3.63) is 47.9 Å². The van der Waals surface area contributed by atoms with Crippen molar-refractivity contribution in [3.8, 4) is 11.5 Å². The van der Waals surface area contributed by atoms with E-state index in [1.807, 2.05) is 0 Å². The van der Waals surface area contributed by atoms with Gasteiger partial charge in [-0.25, -0.2) is 0 Å². The van der Waals surface area contributed by atoms with Gasteiger partial charge in [0.1, 0.15) is 23.3 Å². The predicted molar refractivity (Wildman–Crippen MR) is 61.7 cm³/mol. The Morgan fingerprint density at radius 1 is 1.12 bits per heavy atom. The number of hydrogen-bond acceptors (Lipinski definition) is 4. The minimum atomic E-state index is -0.187. The van der Waals surface area contributed by atoms with Crippen molar-refractivity contribution in [3.63, 3.8) is 0 Å². The first-order valence-corrected chi connectivity index (χ1v) is 5.05. The number of benzene rings is 1. The van der Waals surface area contributed by atoms with Gasteiger partial charge in [-0.1, -0.05) is 6.07 Å². The summed E-state index contributed by atoms with van der Waals surface area (Å²) >= 11 is 0. The van der Waals surface area contributed by atoms with Gasteiger partial charge in [-0.05, 0) is 18.2 Å². The molecule has 1 heterocycles. The van der Waals surface area contributed by atoms with E-state index >= 15 is 0 Å². The first-order chi connectivity index (χ1) is 8.27. The maximum atomic E-state index is 12.2. The molecule has 0 saturated heterocycles. The van der Waals surface area contributed by atoms with Gasteiger partial charge in [-0.3, -0.25) is 4.79 Å². The van der Waals surface area contributed by atoms with Crippen molar-refractivity contribution >= 4 is 5.78 Å². The second kappa shape index (κ2) is 4.74. The Morgan fingerprint density at radius 2 is 1.76 bits per heavy atom. The van der Waals surface area contributed by atoms with Crippen molar-refractivity contribution in [2.24, 2.45) is 0 Å². The SMILES string of the molecule is COc1cccc(OC)c1C(=O)c1ccoc1. The Kier molecular flexibility index (Phi) is 3.14. The van der Waals surface area contributed by atoms with E-state index in [-0.39, 0.29) is 5.78 Å². The number of rotatable bonds is 4. The van der Waals surface area contributed by atoms with Gasteiger partial charge in [0.15, 0.2) is 0 Å². The van der Waals surface area contributed by atoms with Crippen LogP contribution in [0.25, 0.3) is 0 Å². The first kappa shape index (κ1) is 11.3. The van der Waals surface area contributed by atoms with E-state index in [4.69, 9.17) is 13.9 Å². The Labute approximate surface area is 98.8 Å². The summed E-state index contributed by atoms with van der Waals surface area (Å²) in [5.41, 5.74) is 0.867. The molecule has 0 unspecified atom stereocenters. The molecule has 0 saturated carbocycles. The van der Waals surface area contributed by atoms with Gasteiger partial charge in [-0.2, -0.15) is 0 Å². The zero-order valence-corrected chi connectivity index (χ0v) is 9.60. The van der Waals surface area contributed by atoms with E-state index in [9.17, 15) is 4.79 Å². The maximum Gasteiger partial charge on any atom is 0.203 e. The predicted octanol–water partition coefficient (Wildman–Crippen LogP) is 2.53. The molecule has 0 aliphatic heterocycles. The molecule has 2 aromatic rings. The second-order valence-corrected chi connectivity index (χ2v) is 3.38. The molecular weight excluding hydrogens is 220 g/mol. The van der Waals surface area contributed by atoms with E-state index in [0.29, 0.717) is 22.6 Å². The van der Waals surface area contributed by atoms with Crippen LogP contribution in [0.2, 0.25) is 0 Å². The zero-order chi connectivity index (χ0) is 12.3. The van der Waals surface area contributed by atoms with E-state index < -0.39 is 0 Å². The zero-order valence-electron chi connectivity index (χ0n) is 9.60. The van der Waals surface area contributed by atoms with Crippen LogP contribution >= 0.6 is 0 Å². The summed E-state index contributed by atoms with van der Waals surface area (Å²) in [4.78, 5) is 12.2. The molecule has 0 aliphatic rings. The monoisotopic (exact) mass is 232 g/mol. The van der Waals surface area contributed by atoms with Gasteiger partial charge < -0.3 is 13.9 Å². The van der Waals surface area contributed by atoms with E-state index in [0.717, 1.165) is 0 Å². The van der Waals surface area contributed by atoms with Crippen molar-refractivity contribution in [1.29, 1.82) is 0 Å². The molecule has 0 fully saturated rings. The molecule has 0 bridgehead atoms. The summed E-state index contributed by atoms with van der Waals surface area (Å²) in [6.07, 6.45) is 2.85. The number of methoxy groups -OCH3 is 2. The van der Waals surface area contributed by atoms with Crippen LogP contribution in [0.4, 0.5) is 0 Å². The minimum Gasteiger partial charge on any atom is -0.496 e. The molecular formula is C13H12O4. The number of carbonyl (C=O) groups is 1. The summed E-state index contributed by atoms with van der Waals surface area (Å²) in [6, 6.07) is 6.81. The summed E-state index contributed by atoms with van der Waals surface area (Å²) in [6.45, 7) is 0. The average Bonchev–Trinajstić information content (AvgIpc) is 2.90. The van der Waals surface area contributed by atoms with E-state index in [1.54, 1.807) is 24.3 Å². The van der Waals surface area contributed by atoms with Crippen molar-refractivity contribution < 1.29 is 18.7 Å². The Hall–Kier alpha value is -2.23. The normalized spacial score (nSPS) is 10.0. The van der Waals surface area contributed by atoms with Crippen LogP contribution in [0, 0.1) is 0 Å². The van der Waals surface area contributed by atoms with Crippen molar-refractivity contribution in [1.82, 2.24) is 0 Å². The summed E-state index contributed by atoms with van der Waals surface area (Å²) in [5, 5.41) is 0. The third kappa shape index (κ3) is 2.01. The molecule has 0 N–H and O–H groups in total. The minimum absolute atomic E-state index is 0.187. The van der Waals surface area contributed by atoms with Crippen molar-refractivity contribution in [2.75, 3.05) is 14.2 Å². The highest BCUT2D eigenvalue weighted by Crippen LogP contribution is 2.30. The Morgan fingerprint density at radius 3 is 2.24 bits per heavy atom. The third-order valence-corrected chi connectivity index (χ3v) is 2.44. The second-order valence-electron chi connectivity index (χ2n) is 3.38. The van der Waals surface area contributed by atoms with Crippen LogP contribution < -0.4 is 9.47 Å². The van der Waals surface area contributed by atoms with Gasteiger partial charge in [0.05, 0.1) is 26.0 Å². The van der Waals surface area contributed by atoms with Crippen LogP contribution in [-0.4, -0.2) is 20.0 Å². The molecule has 0 spiro atoms. The van der Waals surface area contributed by atoms with Crippen LogP contribution in [0.5, 0.6) is 11.5 Å². The standard InChI is InChI=1S/C13H12O4/c1-15-10-4-3-5-11(16-2)12(10)13(14)9-6-7-17-8-9/h3-8H,1-2H3. The fraction of sp³-hybridized carbons (Fsp3) is 0.154. The Balaban J connectivity index is 2.53. The molecule has 0 amide bonds. The fourth-order valence-corrected chi connectivity index (χ4v) is 1.61. The molecule has 4 nitrogen and oxygen atoms in total. The number of hydrogen-bond donors (Lipinski definition) is 0. The van der Waals surface area contributed by atoms with E-state index in [1.165, 1.54) is 26.7 Å².